The monoisotopic (exact) mass is 439 g/mol. The first-order valence-electron chi connectivity index (χ1n) is 10.5. The molecular formula is C26H21N3O4. The van der Waals surface area contributed by atoms with Crippen molar-refractivity contribution in [3.05, 3.63) is 102 Å². The van der Waals surface area contributed by atoms with Crippen LogP contribution in [-0.4, -0.2) is 38.8 Å². The third-order valence-corrected chi connectivity index (χ3v) is 5.89. The quantitative estimate of drug-likeness (QED) is 0.276. The van der Waals surface area contributed by atoms with Gasteiger partial charge in [0.2, 0.25) is 0 Å². The highest BCUT2D eigenvalue weighted by Gasteiger charge is 2.47. The number of benzene rings is 2. The molecule has 1 unspecified atom stereocenters. The van der Waals surface area contributed by atoms with Crippen LogP contribution >= 0.6 is 0 Å². The van der Waals surface area contributed by atoms with Gasteiger partial charge in [0.05, 0.1) is 18.7 Å². The Morgan fingerprint density at radius 3 is 2.67 bits per heavy atom. The molecule has 2 aromatic carbocycles. The SMILES string of the molecule is COc1ccccc1C1/C(=C(\O)c2c[nH]c3ccccc23)C(=O)C(=O)N1Cc1cccnc1. The number of rotatable bonds is 5. The van der Waals surface area contributed by atoms with Crippen molar-refractivity contribution in [2.45, 2.75) is 12.6 Å². The van der Waals surface area contributed by atoms with Gasteiger partial charge in [-0.2, -0.15) is 0 Å². The molecule has 7 nitrogen and oxygen atoms in total. The molecule has 0 radical (unpaired) electrons. The average Bonchev–Trinajstić information content (AvgIpc) is 3.39. The van der Waals surface area contributed by atoms with E-state index in [0.717, 1.165) is 16.5 Å². The third-order valence-electron chi connectivity index (χ3n) is 5.89. The maximum atomic E-state index is 13.3. The van der Waals surface area contributed by atoms with Crippen molar-refractivity contribution >= 4 is 28.4 Å². The van der Waals surface area contributed by atoms with E-state index < -0.39 is 17.7 Å². The number of amides is 1. The van der Waals surface area contributed by atoms with Crippen LogP contribution in [0.4, 0.5) is 0 Å². The Hall–Kier alpha value is -4.39. The number of carbonyl (C=O) groups excluding carboxylic acids is 2. The number of fused-ring (bicyclic) bond motifs is 1. The zero-order valence-corrected chi connectivity index (χ0v) is 17.9. The van der Waals surface area contributed by atoms with E-state index in [1.165, 1.54) is 12.0 Å². The second-order valence-corrected chi connectivity index (χ2v) is 7.78. The molecule has 5 rings (SSSR count). The van der Waals surface area contributed by atoms with Crippen molar-refractivity contribution in [1.29, 1.82) is 0 Å². The van der Waals surface area contributed by atoms with Gasteiger partial charge < -0.3 is 19.7 Å². The summed E-state index contributed by atoms with van der Waals surface area (Å²) in [5, 5.41) is 12.1. The Morgan fingerprint density at radius 1 is 1.09 bits per heavy atom. The molecule has 0 aliphatic carbocycles. The van der Waals surface area contributed by atoms with Crippen molar-refractivity contribution in [1.82, 2.24) is 14.9 Å². The molecule has 164 valence electrons. The zero-order valence-electron chi connectivity index (χ0n) is 17.9. The maximum absolute atomic E-state index is 13.3. The van der Waals surface area contributed by atoms with E-state index in [9.17, 15) is 14.7 Å². The minimum absolute atomic E-state index is 0.0261. The average molecular weight is 439 g/mol. The number of nitrogens with zero attached hydrogens (tertiary/aromatic N) is 2. The number of methoxy groups -OCH3 is 1. The van der Waals surface area contributed by atoms with Crippen molar-refractivity contribution in [3.8, 4) is 5.75 Å². The fraction of sp³-hybridized carbons (Fsp3) is 0.115. The molecule has 4 aromatic rings. The van der Waals surface area contributed by atoms with Gasteiger partial charge in [0.15, 0.2) is 0 Å². The number of aliphatic hydroxyl groups excluding tert-OH is 1. The number of Topliss-reactive ketones (excluding diaryl/α,β-unsaturated/α-hetero) is 1. The number of aromatic nitrogens is 2. The number of hydrogen-bond acceptors (Lipinski definition) is 5. The topological polar surface area (TPSA) is 95.5 Å². The number of ketones is 1. The number of pyridine rings is 1. The summed E-state index contributed by atoms with van der Waals surface area (Å²) in [7, 11) is 1.53. The molecule has 1 saturated heterocycles. The molecule has 0 saturated carbocycles. The normalized spacial score (nSPS) is 17.6. The van der Waals surface area contributed by atoms with Crippen LogP contribution in [0.1, 0.15) is 22.7 Å². The highest BCUT2D eigenvalue weighted by atomic mass is 16.5. The summed E-state index contributed by atoms with van der Waals surface area (Å²) < 4.78 is 5.54. The van der Waals surface area contributed by atoms with Gasteiger partial charge in [0.1, 0.15) is 11.5 Å². The van der Waals surface area contributed by atoms with Crippen molar-refractivity contribution in [2.24, 2.45) is 0 Å². The molecule has 1 fully saturated rings. The lowest BCUT2D eigenvalue weighted by Gasteiger charge is -2.26. The Kier molecular flexibility index (Phi) is 5.14. The summed E-state index contributed by atoms with van der Waals surface area (Å²) >= 11 is 0. The molecule has 2 aromatic heterocycles. The van der Waals surface area contributed by atoms with Crippen LogP contribution in [0.3, 0.4) is 0 Å². The predicted molar refractivity (Wildman–Crippen MR) is 123 cm³/mol. The molecule has 2 N–H and O–H groups in total. The first-order chi connectivity index (χ1) is 16.1. The molecule has 0 bridgehead atoms. The van der Waals surface area contributed by atoms with E-state index in [2.05, 4.69) is 9.97 Å². The van der Waals surface area contributed by atoms with E-state index >= 15 is 0 Å². The van der Waals surface area contributed by atoms with E-state index in [4.69, 9.17) is 4.74 Å². The second kappa shape index (κ2) is 8.27. The van der Waals surface area contributed by atoms with Crippen LogP contribution in [0.25, 0.3) is 16.7 Å². The number of hydrogen-bond donors (Lipinski definition) is 2. The largest absolute Gasteiger partial charge is 0.507 e. The van der Waals surface area contributed by atoms with Gasteiger partial charge in [-0.1, -0.05) is 42.5 Å². The fourth-order valence-corrected chi connectivity index (χ4v) is 4.36. The highest BCUT2D eigenvalue weighted by Crippen LogP contribution is 2.44. The van der Waals surface area contributed by atoms with Crippen molar-refractivity contribution in [3.63, 3.8) is 0 Å². The molecule has 3 heterocycles. The lowest BCUT2D eigenvalue weighted by molar-refractivity contribution is -0.140. The van der Waals surface area contributed by atoms with Crippen LogP contribution in [0.5, 0.6) is 5.75 Å². The summed E-state index contributed by atoms with van der Waals surface area (Å²) in [6.45, 7) is 0.159. The summed E-state index contributed by atoms with van der Waals surface area (Å²) in [5.41, 5.74) is 2.69. The molecule has 33 heavy (non-hydrogen) atoms. The number of H-pyrrole nitrogens is 1. The predicted octanol–water partition coefficient (Wildman–Crippen LogP) is 4.19. The minimum atomic E-state index is -0.824. The van der Waals surface area contributed by atoms with Gasteiger partial charge in [-0.3, -0.25) is 14.6 Å². The van der Waals surface area contributed by atoms with Gasteiger partial charge in [0.25, 0.3) is 11.7 Å². The van der Waals surface area contributed by atoms with Gasteiger partial charge >= 0.3 is 0 Å². The minimum Gasteiger partial charge on any atom is -0.507 e. The van der Waals surface area contributed by atoms with Crippen molar-refractivity contribution in [2.75, 3.05) is 7.11 Å². The summed E-state index contributed by atoms with van der Waals surface area (Å²) in [6, 6.07) is 17.4. The van der Waals surface area contributed by atoms with E-state index in [1.807, 2.05) is 42.5 Å². The van der Waals surface area contributed by atoms with Gasteiger partial charge in [-0.15, -0.1) is 0 Å². The molecule has 0 spiro atoms. The lowest BCUT2D eigenvalue weighted by atomic mass is 9.94. The maximum Gasteiger partial charge on any atom is 0.295 e. The Balaban J connectivity index is 1.72. The Morgan fingerprint density at radius 2 is 1.88 bits per heavy atom. The number of nitrogens with one attached hydrogen (secondary N) is 1. The van der Waals surface area contributed by atoms with Crippen molar-refractivity contribution < 1.29 is 19.4 Å². The molecule has 1 amide bonds. The fourth-order valence-electron chi connectivity index (χ4n) is 4.36. The molecule has 1 aliphatic rings. The summed E-state index contributed by atoms with van der Waals surface area (Å²) in [4.78, 5) is 35.2. The summed E-state index contributed by atoms with van der Waals surface area (Å²) in [6.07, 6.45) is 4.94. The zero-order chi connectivity index (χ0) is 22.9. The van der Waals surface area contributed by atoms with Crippen LogP contribution in [0, 0.1) is 0 Å². The lowest BCUT2D eigenvalue weighted by Crippen LogP contribution is -2.29. The standard InChI is InChI=1S/C26H21N3O4/c1-33-21-11-5-3-9-18(21)23-22(24(30)19-14-28-20-10-4-2-8-17(19)20)25(31)26(32)29(23)15-16-7-6-12-27-13-16/h2-14,23,28,30H,15H2,1H3/b24-22+. The van der Waals surface area contributed by atoms with E-state index in [1.54, 1.807) is 36.8 Å². The first-order valence-corrected chi connectivity index (χ1v) is 10.5. The van der Waals surface area contributed by atoms with Gasteiger partial charge in [0, 0.05) is 47.2 Å². The number of aromatic amines is 1. The van der Waals surface area contributed by atoms with Crippen LogP contribution in [-0.2, 0) is 16.1 Å². The molecule has 1 atom stereocenters. The number of para-hydroxylation sites is 2. The number of aliphatic hydroxyl groups is 1. The van der Waals surface area contributed by atoms with Gasteiger partial charge in [-0.25, -0.2) is 0 Å². The Labute approximate surface area is 190 Å². The number of carbonyl (C=O) groups is 2. The van der Waals surface area contributed by atoms with Gasteiger partial charge in [-0.05, 0) is 23.8 Å². The van der Waals surface area contributed by atoms with E-state index in [-0.39, 0.29) is 17.9 Å². The second-order valence-electron chi connectivity index (χ2n) is 7.78. The number of likely N-dealkylation sites (tertiary alicyclic amines) is 1. The highest BCUT2D eigenvalue weighted by molar-refractivity contribution is 6.46. The first kappa shape index (κ1) is 20.5. The Bertz CT molecular complexity index is 1390. The number of ether oxygens (including phenoxy) is 1. The van der Waals surface area contributed by atoms with Crippen LogP contribution < -0.4 is 4.74 Å². The molecular weight excluding hydrogens is 418 g/mol. The third kappa shape index (κ3) is 3.43. The molecule has 7 heteroatoms. The summed E-state index contributed by atoms with van der Waals surface area (Å²) in [5.74, 6) is -1.13. The molecule has 1 aliphatic heterocycles. The van der Waals surface area contributed by atoms with Crippen LogP contribution in [0.2, 0.25) is 0 Å². The van der Waals surface area contributed by atoms with E-state index in [0.29, 0.717) is 16.9 Å². The smallest absolute Gasteiger partial charge is 0.295 e. The van der Waals surface area contributed by atoms with Crippen LogP contribution in [0.15, 0.2) is 84.8 Å².